The number of carbonyl (C=O) groups excluding carboxylic acids is 2. The summed E-state index contributed by atoms with van der Waals surface area (Å²) >= 11 is 0. The summed E-state index contributed by atoms with van der Waals surface area (Å²) < 4.78 is 0. The van der Waals surface area contributed by atoms with Crippen LogP contribution in [0.1, 0.15) is 55.4 Å². The number of amides is 1. The molecule has 0 aliphatic heterocycles. The van der Waals surface area contributed by atoms with Crippen molar-refractivity contribution in [1.29, 1.82) is 0 Å². The van der Waals surface area contributed by atoms with Gasteiger partial charge in [-0.1, -0.05) is 55.4 Å². The first-order valence-electron chi connectivity index (χ1n) is 7.61. The van der Waals surface area contributed by atoms with E-state index in [2.05, 4.69) is 24.5 Å². The number of nitrogens with one attached hydrogen (secondary N) is 2. The van der Waals surface area contributed by atoms with Gasteiger partial charge in [0.2, 0.25) is 5.91 Å². The molecule has 0 aromatic carbocycles. The minimum atomic E-state index is 0.110. The number of Topliss-reactive ketones (excluding diaryl/α,β-unsaturated/α-hetero) is 1. The summed E-state index contributed by atoms with van der Waals surface area (Å²) in [5.74, 6) is 1.25. The smallest absolute Gasteiger partial charge is 0.222 e. The van der Waals surface area contributed by atoms with Gasteiger partial charge >= 0.3 is 0 Å². The standard InChI is InChI=1S/2C8H17NO/c1-6(2)8(10)5-9-7(3)4;1-6(2)5-9-8(10)7(3)4/h6-7,9H,5H2,1-4H3;6-7H,5H2,1-4H3,(H,9,10). The summed E-state index contributed by atoms with van der Waals surface area (Å²) in [7, 11) is 0. The number of hydrogen-bond acceptors (Lipinski definition) is 3. The van der Waals surface area contributed by atoms with Crippen LogP contribution in [0.2, 0.25) is 0 Å². The van der Waals surface area contributed by atoms with Crippen LogP contribution >= 0.6 is 0 Å². The van der Waals surface area contributed by atoms with Crippen LogP contribution < -0.4 is 10.6 Å². The van der Waals surface area contributed by atoms with Gasteiger partial charge < -0.3 is 10.6 Å². The Bertz CT molecular complexity index is 244. The fraction of sp³-hybridized carbons (Fsp3) is 0.875. The van der Waals surface area contributed by atoms with Crippen molar-refractivity contribution < 1.29 is 9.59 Å². The molecule has 0 aromatic heterocycles. The van der Waals surface area contributed by atoms with E-state index in [4.69, 9.17) is 0 Å². The van der Waals surface area contributed by atoms with Gasteiger partial charge in [-0.3, -0.25) is 9.59 Å². The molecular formula is C16H34N2O2. The van der Waals surface area contributed by atoms with E-state index in [1.54, 1.807) is 0 Å². The lowest BCUT2D eigenvalue weighted by Gasteiger charge is -2.08. The highest BCUT2D eigenvalue weighted by Gasteiger charge is 2.06. The molecule has 120 valence electrons. The molecular weight excluding hydrogens is 252 g/mol. The SMILES string of the molecule is CC(C)CNC(=O)C(C)C.CC(C)NCC(=O)C(C)C. The maximum absolute atomic E-state index is 11.0. The van der Waals surface area contributed by atoms with Crippen molar-refractivity contribution in [1.82, 2.24) is 10.6 Å². The molecule has 4 nitrogen and oxygen atoms in total. The minimum Gasteiger partial charge on any atom is -0.356 e. The van der Waals surface area contributed by atoms with Gasteiger partial charge in [0.25, 0.3) is 0 Å². The van der Waals surface area contributed by atoms with E-state index in [1.807, 2.05) is 41.5 Å². The Hall–Kier alpha value is -0.900. The number of rotatable bonds is 7. The molecule has 0 aromatic rings. The molecule has 4 heteroatoms. The Balaban J connectivity index is 0. The van der Waals surface area contributed by atoms with Crippen LogP contribution in [-0.4, -0.2) is 30.8 Å². The zero-order chi connectivity index (χ0) is 16.3. The van der Waals surface area contributed by atoms with Gasteiger partial charge in [-0.25, -0.2) is 0 Å². The predicted octanol–water partition coefficient (Wildman–Crippen LogP) is 2.62. The van der Waals surface area contributed by atoms with Crippen LogP contribution in [0.25, 0.3) is 0 Å². The summed E-state index contributed by atoms with van der Waals surface area (Å²) in [6.45, 7) is 17.2. The molecule has 0 saturated heterocycles. The monoisotopic (exact) mass is 286 g/mol. The van der Waals surface area contributed by atoms with E-state index in [9.17, 15) is 9.59 Å². The second-order valence-electron chi connectivity index (χ2n) is 6.45. The molecule has 0 aliphatic carbocycles. The molecule has 0 spiro atoms. The maximum atomic E-state index is 11.0. The Morgan fingerprint density at radius 1 is 0.850 bits per heavy atom. The third kappa shape index (κ3) is 15.2. The van der Waals surface area contributed by atoms with Gasteiger partial charge in [-0.15, -0.1) is 0 Å². The van der Waals surface area contributed by atoms with Crippen molar-refractivity contribution >= 4 is 11.7 Å². The molecule has 0 fully saturated rings. The first-order valence-corrected chi connectivity index (χ1v) is 7.61. The lowest BCUT2D eigenvalue weighted by molar-refractivity contribution is -0.124. The fourth-order valence-electron chi connectivity index (χ4n) is 1.02. The van der Waals surface area contributed by atoms with Crippen molar-refractivity contribution in [3.63, 3.8) is 0 Å². The molecule has 0 radical (unpaired) electrons. The highest BCUT2D eigenvalue weighted by molar-refractivity contribution is 5.82. The highest BCUT2D eigenvalue weighted by atomic mass is 16.1. The van der Waals surface area contributed by atoms with Crippen molar-refractivity contribution in [3.8, 4) is 0 Å². The molecule has 0 saturated carbocycles. The van der Waals surface area contributed by atoms with E-state index in [1.165, 1.54) is 0 Å². The van der Waals surface area contributed by atoms with Gasteiger partial charge in [-0.05, 0) is 5.92 Å². The zero-order valence-corrected chi connectivity index (χ0v) is 14.5. The maximum Gasteiger partial charge on any atom is 0.222 e. The molecule has 0 bridgehead atoms. The van der Waals surface area contributed by atoms with E-state index in [0.29, 0.717) is 18.5 Å². The summed E-state index contributed by atoms with van der Waals surface area (Å²) in [6.07, 6.45) is 0. The van der Waals surface area contributed by atoms with Crippen molar-refractivity contribution in [2.24, 2.45) is 17.8 Å². The third-order valence-electron chi connectivity index (χ3n) is 2.54. The van der Waals surface area contributed by atoms with Gasteiger partial charge in [-0.2, -0.15) is 0 Å². The largest absolute Gasteiger partial charge is 0.356 e. The van der Waals surface area contributed by atoms with Crippen LogP contribution in [0.4, 0.5) is 0 Å². The van der Waals surface area contributed by atoms with Gasteiger partial charge in [0, 0.05) is 24.4 Å². The first kappa shape index (κ1) is 21.4. The third-order valence-corrected chi connectivity index (χ3v) is 2.54. The van der Waals surface area contributed by atoms with Crippen molar-refractivity contribution in [3.05, 3.63) is 0 Å². The highest BCUT2D eigenvalue weighted by Crippen LogP contribution is 1.93. The Morgan fingerprint density at radius 3 is 1.65 bits per heavy atom. The zero-order valence-electron chi connectivity index (χ0n) is 14.5. The van der Waals surface area contributed by atoms with Crippen LogP contribution in [0.3, 0.4) is 0 Å². The molecule has 1 amide bonds. The topological polar surface area (TPSA) is 58.2 Å². The van der Waals surface area contributed by atoms with E-state index >= 15 is 0 Å². The normalized spacial score (nSPS) is 10.8. The molecule has 2 N–H and O–H groups in total. The second-order valence-corrected chi connectivity index (χ2v) is 6.45. The predicted molar refractivity (Wildman–Crippen MR) is 85.7 cm³/mol. The Morgan fingerprint density at radius 2 is 1.35 bits per heavy atom. The number of hydrogen-bond donors (Lipinski definition) is 2. The average Bonchev–Trinajstić information content (AvgIpc) is 2.33. The minimum absolute atomic E-state index is 0.110. The molecule has 0 heterocycles. The average molecular weight is 286 g/mol. The van der Waals surface area contributed by atoms with Crippen LogP contribution in [0.5, 0.6) is 0 Å². The summed E-state index contributed by atoms with van der Waals surface area (Å²) in [6, 6.07) is 0.405. The molecule has 0 aliphatic rings. The summed E-state index contributed by atoms with van der Waals surface area (Å²) in [5.41, 5.74) is 0. The molecule has 0 atom stereocenters. The van der Waals surface area contributed by atoms with E-state index in [-0.39, 0.29) is 23.5 Å². The molecule has 20 heavy (non-hydrogen) atoms. The van der Waals surface area contributed by atoms with Gasteiger partial charge in [0.15, 0.2) is 0 Å². The van der Waals surface area contributed by atoms with Crippen molar-refractivity contribution in [2.75, 3.05) is 13.1 Å². The van der Waals surface area contributed by atoms with Crippen LogP contribution in [0.15, 0.2) is 0 Å². The van der Waals surface area contributed by atoms with E-state index < -0.39 is 0 Å². The Kier molecular flexibility index (Phi) is 12.7. The molecule has 0 rings (SSSR count). The summed E-state index contributed by atoms with van der Waals surface area (Å²) in [5, 5.41) is 5.92. The lowest BCUT2D eigenvalue weighted by Crippen LogP contribution is -2.31. The fourth-order valence-corrected chi connectivity index (χ4v) is 1.02. The number of ketones is 1. The van der Waals surface area contributed by atoms with Crippen molar-refractivity contribution in [2.45, 2.75) is 61.4 Å². The Labute approximate surface area is 125 Å². The second kappa shape index (κ2) is 11.9. The molecule has 0 unspecified atom stereocenters. The number of carbonyl (C=O) groups is 2. The first-order chi connectivity index (χ1) is 9.07. The van der Waals surface area contributed by atoms with Crippen LogP contribution in [0, 0.1) is 17.8 Å². The van der Waals surface area contributed by atoms with Gasteiger partial charge in [0.1, 0.15) is 5.78 Å². The summed E-state index contributed by atoms with van der Waals surface area (Å²) in [4.78, 5) is 21.9. The van der Waals surface area contributed by atoms with E-state index in [0.717, 1.165) is 6.54 Å². The van der Waals surface area contributed by atoms with Gasteiger partial charge in [0.05, 0.1) is 6.54 Å². The van der Waals surface area contributed by atoms with Crippen LogP contribution in [-0.2, 0) is 9.59 Å². The quantitative estimate of drug-likeness (QED) is 0.756. The lowest BCUT2D eigenvalue weighted by atomic mass is 10.1.